The summed E-state index contributed by atoms with van der Waals surface area (Å²) in [6, 6.07) is 6.78. The third-order valence-electron chi connectivity index (χ3n) is 4.77. The van der Waals surface area contributed by atoms with Crippen molar-refractivity contribution in [2.24, 2.45) is 5.92 Å². The number of aromatic hydroxyl groups is 1. The molecule has 1 heterocycles. The Bertz CT molecular complexity index is 443. The van der Waals surface area contributed by atoms with E-state index in [0.717, 1.165) is 6.42 Å². The van der Waals surface area contributed by atoms with Crippen LogP contribution in [0, 0.1) is 5.92 Å². The zero-order chi connectivity index (χ0) is 12.7. The summed E-state index contributed by atoms with van der Waals surface area (Å²) in [6.07, 6.45) is 3.48. The van der Waals surface area contributed by atoms with Crippen molar-refractivity contribution >= 4 is 0 Å². The van der Waals surface area contributed by atoms with Crippen molar-refractivity contribution in [3.63, 3.8) is 0 Å². The van der Waals surface area contributed by atoms with Crippen LogP contribution in [0.1, 0.15) is 43.7 Å². The minimum absolute atomic E-state index is 0.507. The zero-order valence-electron chi connectivity index (χ0n) is 11.4. The molecule has 1 aromatic rings. The Labute approximate surface area is 110 Å². The van der Waals surface area contributed by atoms with Gasteiger partial charge in [-0.25, -0.2) is 0 Å². The monoisotopic (exact) mass is 245 g/mol. The fourth-order valence-electron chi connectivity index (χ4n) is 4.11. The number of likely N-dealkylation sites (tertiary alicyclic amines) is 1. The first kappa shape index (κ1) is 12.0. The predicted molar refractivity (Wildman–Crippen MR) is 74.0 cm³/mol. The molecule has 1 aromatic carbocycles. The first-order chi connectivity index (χ1) is 8.72. The van der Waals surface area contributed by atoms with Gasteiger partial charge in [-0.2, -0.15) is 0 Å². The molecule has 1 aliphatic carbocycles. The van der Waals surface area contributed by atoms with Gasteiger partial charge in [0.1, 0.15) is 5.75 Å². The lowest BCUT2D eigenvalue weighted by Gasteiger charge is -2.34. The van der Waals surface area contributed by atoms with Crippen LogP contribution in [0.5, 0.6) is 5.75 Å². The Kier molecular flexibility index (Phi) is 3.06. The van der Waals surface area contributed by atoms with Gasteiger partial charge in [-0.1, -0.05) is 26.0 Å². The first-order valence-corrected chi connectivity index (χ1v) is 7.27. The fourth-order valence-corrected chi connectivity index (χ4v) is 4.11. The number of phenols is 1. The third-order valence-corrected chi connectivity index (χ3v) is 4.77. The van der Waals surface area contributed by atoms with Crippen molar-refractivity contribution in [3.05, 3.63) is 29.3 Å². The maximum absolute atomic E-state index is 10.0. The summed E-state index contributed by atoms with van der Waals surface area (Å²) in [7, 11) is 0. The molecular formula is C16H23NO. The average Bonchev–Trinajstić information content (AvgIpc) is 2.68. The van der Waals surface area contributed by atoms with E-state index in [1.54, 1.807) is 0 Å². The number of hydrogen-bond donors (Lipinski definition) is 1. The number of phenolic OH excluding ortho intramolecular Hbond substituents is 1. The molecule has 0 bridgehead atoms. The van der Waals surface area contributed by atoms with Gasteiger partial charge < -0.3 is 5.11 Å². The lowest BCUT2D eigenvalue weighted by molar-refractivity contribution is 0.226. The van der Waals surface area contributed by atoms with E-state index >= 15 is 0 Å². The van der Waals surface area contributed by atoms with Crippen molar-refractivity contribution in [2.75, 3.05) is 13.1 Å². The van der Waals surface area contributed by atoms with Gasteiger partial charge in [-0.05, 0) is 48.9 Å². The van der Waals surface area contributed by atoms with Crippen molar-refractivity contribution in [2.45, 2.75) is 45.1 Å². The molecular weight excluding hydrogens is 222 g/mol. The van der Waals surface area contributed by atoms with Crippen molar-refractivity contribution in [3.8, 4) is 5.75 Å². The number of fused-ring (bicyclic) bond motifs is 3. The van der Waals surface area contributed by atoms with Crippen molar-refractivity contribution in [1.82, 2.24) is 4.90 Å². The van der Waals surface area contributed by atoms with Gasteiger partial charge in [0.05, 0.1) is 0 Å². The van der Waals surface area contributed by atoms with Crippen molar-refractivity contribution < 1.29 is 5.11 Å². The van der Waals surface area contributed by atoms with E-state index < -0.39 is 0 Å². The Hall–Kier alpha value is -1.02. The summed E-state index contributed by atoms with van der Waals surface area (Å²) >= 11 is 0. The van der Waals surface area contributed by atoms with Gasteiger partial charge in [0.25, 0.3) is 0 Å². The largest absolute Gasteiger partial charge is 0.508 e. The van der Waals surface area contributed by atoms with E-state index in [4.69, 9.17) is 0 Å². The van der Waals surface area contributed by atoms with E-state index in [9.17, 15) is 5.11 Å². The second-order valence-electron chi connectivity index (χ2n) is 5.95. The van der Waals surface area contributed by atoms with E-state index in [2.05, 4.69) is 24.8 Å². The van der Waals surface area contributed by atoms with Crippen LogP contribution in [0.25, 0.3) is 0 Å². The quantitative estimate of drug-likeness (QED) is 0.865. The van der Waals surface area contributed by atoms with E-state index in [1.165, 1.54) is 37.1 Å². The zero-order valence-corrected chi connectivity index (χ0v) is 11.4. The molecule has 0 aromatic heterocycles. The summed E-state index contributed by atoms with van der Waals surface area (Å²) in [5.41, 5.74) is 2.63. The second-order valence-corrected chi connectivity index (χ2v) is 5.95. The van der Waals surface area contributed by atoms with E-state index in [0.29, 0.717) is 23.6 Å². The first-order valence-electron chi connectivity index (χ1n) is 7.27. The lowest BCUT2D eigenvalue weighted by Crippen LogP contribution is -2.35. The smallest absolute Gasteiger partial charge is 0.119 e. The molecule has 98 valence electrons. The molecule has 1 aliphatic heterocycles. The molecule has 3 rings (SSSR count). The van der Waals surface area contributed by atoms with Crippen LogP contribution in [-0.4, -0.2) is 29.1 Å². The molecule has 2 heteroatoms. The van der Waals surface area contributed by atoms with E-state index in [1.807, 2.05) is 12.1 Å². The normalized spacial score (nSPS) is 31.1. The molecule has 1 saturated heterocycles. The van der Waals surface area contributed by atoms with E-state index in [-0.39, 0.29) is 0 Å². The second kappa shape index (κ2) is 4.58. The summed E-state index contributed by atoms with van der Waals surface area (Å²) in [4.78, 5) is 2.67. The van der Waals surface area contributed by atoms with Gasteiger partial charge in [-0.3, -0.25) is 4.90 Å². The van der Waals surface area contributed by atoms with Crippen LogP contribution < -0.4 is 0 Å². The molecule has 0 spiro atoms. The summed E-state index contributed by atoms with van der Waals surface area (Å²) in [6.45, 7) is 7.07. The van der Waals surface area contributed by atoms with Crippen LogP contribution in [0.15, 0.2) is 18.2 Å². The predicted octanol–water partition coefficient (Wildman–Crippen LogP) is 3.15. The van der Waals surface area contributed by atoms with Crippen LogP contribution in [0.2, 0.25) is 0 Å². The topological polar surface area (TPSA) is 23.5 Å². The van der Waals surface area contributed by atoms with Gasteiger partial charge >= 0.3 is 0 Å². The minimum atomic E-state index is 0.507. The van der Waals surface area contributed by atoms with Gasteiger partial charge in [0.15, 0.2) is 0 Å². The molecule has 3 atom stereocenters. The number of nitrogens with zero attached hydrogens (tertiary/aromatic N) is 1. The lowest BCUT2D eigenvalue weighted by atomic mass is 9.75. The summed E-state index contributed by atoms with van der Waals surface area (Å²) in [5.74, 6) is 1.85. The molecule has 0 saturated carbocycles. The Balaban J connectivity index is 1.97. The molecule has 0 unspecified atom stereocenters. The number of rotatable bonds is 2. The van der Waals surface area contributed by atoms with Gasteiger partial charge in [-0.15, -0.1) is 0 Å². The van der Waals surface area contributed by atoms with Crippen LogP contribution in [0.3, 0.4) is 0 Å². The van der Waals surface area contributed by atoms with Crippen LogP contribution in [0.4, 0.5) is 0 Å². The number of benzene rings is 1. The average molecular weight is 245 g/mol. The Morgan fingerprint density at radius 2 is 2.22 bits per heavy atom. The molecule has 0 amide bonds. The number of hydrogen-bond acceptors (Lipinski definition) is 2. The standard InChI is InChI=1S/C16H23NO/c1-3-9-17-10-11(2)16-13-5-4-6-15(18)12(13)7-8-14(16)17/h4-6,11,14,16,18H,3,7-10H2,1-2H3/t11-,14+,16-/m0/s1. The van der Waals surface area contributed by atoms with Crippen LogP contribution in [-0.2, 0) is 6.42 Å². The Morgan fingerprint density at radius 1 is 1.39 bits per heavy atom. The minimum Gasteiger partial charge on any atom is -0.508 e. The molecule has 18 heavy (non-hydrogen) atoms. The summed E-state index contributed by atoms with van der Waals surface area (Å²) < 4.78 is 0. The highest BCUT2D eigenvalue weighted by Crippen LogP contribution is 2.46. The third kappa shape index (κ3) is 1.74. The molecule has 0 radical (unpaired) electrons. The van der Waals surface area contributed by atoms with Crippen molar-refractivity contribution in [1.29, 1.82) is 0 Å². The molecule has 2 nitrogen and oxygen atoms in total. The SMILES string of the molecule is CCCN1C[C@H](C)[C@H]2c3cccc(O)c3CC[C@H]21. The highest BCUT2D eigenvalue weighted by molar-refractivity contribution is 5.44. The fraction of sp³-hybridized carbons (Fsp3) is 0.625. The molecule has 1 fully saturated rings. The molecule has 2 aliphatic rings. The van der Waals surface area contributed by atoms with Gasteiger partial charge in [0, 0.05) is 18.5 Å². The molecule has 1 N–H and O–H groups in total. The Morgan fingerprint density at radius 3 is 3.00 bits per heavy atom. The van der Waals surface area contributed by atoms with Crippen LogP contribution >= 0.6 is 0 Å². The maximum atomic E-state index is 10.0. The highest BCUT2D eigenvalue weighted by atomic mass is 16.3. The summed E-state index contributed by atoms with van der Waals surface area (Å²) in [5, 5.41) is 10.0. The van der Waals surface area contributed by atoms with Gasteiger partial charge in [0.2, 0.25) is 0 Å². The maximum Gasteiger partial charge on any atom is 0.119 e. The highest BCUT2D eigenvalue weighted by Gasteiger charge is 2.42.